The minimum absolute atomic E-state index is 0.0705. The Balaban J connectivity index is 2.04. The lowest BCUT2D eigenvalue weighted by Gasteiger charge is -2.33. The second-order valence-corrected chi connectivity index (χ2v) is 10.6. The second kappa shape index (κ2) is 12.6. The SMILES string of the molecule is CC[C@@H](C(=O)NC)N(Cc1ccc(C)cc1)C(=O)CN(c1ccc(F)cc1)S(=O)(=O)c1ccc(OC)cc1. The van der Waals surface area contributed by atoms with Crippen LogP contribution in [-0.4, -0.2) is 51.9 Å². The zero-order valence-electron chi connectivity index (χ0n) is 21.8. The molecule has 0 spiro atoms. The van der Waals surface area contributed by atoms with E-state index in [1.165, 1.54) is 55.5 Å². The van der Waals surface area contributed by atoms with Crippen LogP contribution in [0.15, 0.2) is 77.7 Å². The molecule has 0 aliphatic carbocycles. The summed E-state index contributed by atoms with van der Waals surface area (Å²) in [5.41, 5.74) is 1.94. The normalized spacial score (nSPS) is 11.9. The first-order valence-electron chi connectivity index (χ1n) is 12.1. The molecule has 8 nitrogen and oxygen atoms in total. The lowest BCUT2D eigenvalue weighted by Crippen LogP contribution is -2.51. The number of methoxy groups -OCH3 is 1. The molecule has 0 aliphatic rings. The molecule has 2 amide bonds. The van der Waals surface area contributed by atoms with Crippen LogP contribution in [0.1, 0.15) is 24.5 Å². The number of hydrogen-bond acceptors (Lipinski definition) is 5. The molecule has 1 N–H and O–H groups in total. The molecule has 3 aromatic rings. The number of nitrogens with zero attached hydrogens (tertiary/aromatic N) is 2. The molecule has 202 valence electrons. The highest BCUT2D eigenvalue weighted by Crippen LogP contribution is 2.26. The molecule has 3 aromatic carbocycles. The van der Waals surface area contributed by atoms with Gasteiger partial charge in [-0.05, 0) is 67.4 Å². The molecule has 0 aromatic heterocycles. The predicted molar refractivity (Wildman–Crippen MR) is 144 cm³/mol. The maximum Gasteiger partial charge on any atom is 0.264 e. The third-order valence-corrected chi connectivity index (χ3v) is 7.93. The van der Waals surface area contributed by atoms with Gasteiger partial charge < -0.3 is 15.0 Å². The highest BCUT2D eigenvalue weighted by atomic mass is 32.2. The summed E-state index contributed by atoms with van der Waals surface area (Å²) in [4.78, 5) is 27.8. The van der Waals surface area contributed by atoms with Crippen molar-refractivity contribution in [1.82, 2.24) is 10.2 Å². The number of rotatable bonds is 11. The van der Waals surface area contributed by atoms with Crippen LogP contribution in [0.3, 0.4) is 0 Å². The number of halogens is 1. The second-order valence-electron chi connectivity index (χ2n) is 8.71. The number of benzene rings is 3. The number of ether oxygens (including phenoxy) is 1. The van der Waals surface area contributed by atoms with Crippen molar-refractivity contribution in [1.29, 1.82) is 0 Å². The molecule has 0 unspecified atom stereocenters. The Labute approximate surface area is 223 Å². The van der Waals surface area contributed by atoms with Crippen LogP contribution >= 0.6 is 0 Å². The molecule has 3 rings (SSSR count). The highest BCUT2D eigenvalue weighted by molar-refractivity contribution is 7.92. The lowest BCUT2D eigenvalue weighted by atomic mass is 10.1. The van der Waals surface area contributed by atoms with Crippen molar-refractivity contribution in [2.75, 3.05) is 25.0 Å². The minimum atomic E-state index is -4.25. The number of carbonyl (C=O) groups is 2. The summed E-state index contributed by atoms with van der Waals surface area (Å²) in [6.07, 6.45) is 0.319. The van der Waals surface area contributed by atoms with E-state index in [-0.39, 0.29) is 23.0 Å². The number of amides is 2. The molecule has 10 heteroatoms. The van der Waals surface area contributed by atoms with Crippen molar-refractivity contribution in [2.45, 2.75) is 37.8 Å². The van der Waals surface area contributed by atoms with Gasteiger partial charge in [-0.25, -0.2) is 12.8 Å². The van der Waals surface area contributed by atoms with Gasteiger partial charge in [-0.15, -0.1) is 0 Å². The first kappa shape index (κ1) is 28.6. The number of likely N-dealkylation sites (N-methyl/N-ethyl adjacent to an activating group) is 1. The molecular formula is C28H32FN3O5S. The van der Waals surface area contributed by atoms with E-state index in [0.717, 1.165) is 27.6 Å². The predicted octanol–water partition coefficient (Wildman–Crippen LogP) is 3.89. The smallest absolute Gasteiger partial charge is 0.264 e. The summed E-state index contributed by atoms with van der Waals surface area (Å²) in [7, 11) is -1.30. The Morgan fingerprint density at radius 3 is 2.11 bits per heavy atom. The summed E-state index contributed by atoms with van der Waals surface area (Å²) in [6, 6.07) is 17.3. The Kier molecular flexibility index (Phi) is 9.46. The van der Waals surface area contributed by atoms with Crippen molar-refractivity contribution in [3.8, 4) is 5.75 Å². The van der Waals surface area contributed by atoms with Gasteiger partial charge in [0.25, 0.3) is 10.0 Å². The Morgan fingerprint density at radius 1 is 0.974 bits per heavy atom. The molecule has 0 radical (unpaired) electrons. The maximum absolute atomic E-state index is 13.8. The first-order chi connectivity index (χ1) is 18.1. The third kappa shape index (κ3) is 6.69. The summed E-state index contributed by atoms with van der Waals surface area (Å²) < 4.78 is 47.2. The molecule has 0 aliphatic heterocycles. The van der Waals surface area contributed by atoms with E-state index in [1.54, 1.807) is 6.92 Å². The van der Waals surface area contributed by atoms with Crippen LogP contribution in [0.25, 0.3) is 0 Å². The molecule has 0 saturated carbocycles. The van der Waals surface area contributed by atoms with Crippen molar-refractivity contribution < 1.29 is 27.1 Å². The fourth-order valence-electron chi connectivity index (χ4n) is 3.99. The van der Waals surface area contributed by atoms with Crippen LogP contribution in [0.5, 0.6) is 5.75 Å². The van der Waals surface area contributed by atoms with Gasteiger partial charge in [0, 0.05) is 13.6 Å². The topological polar surface area (TPSA) is 96.0 Å². The maximum atomic E-state index is 13.8. The zero-order chi connectivity index (χ0) is 27.9. The molecule has 0 heterocycles. The van der Waals surface area contributed by atoms with Gasteiger partial charge >= 0.3 is 0 Å². The van der Waals surface area contributed by atoms with Gasteiger partial charge in [-0.1, -0.05) is 36.8 Å². The van der Waals surface area contributed by atoms with Gasteiger partial charge in [0.05, 0.1) is 17.7 Å². The third-order valence-electron chi connectivity index (χ3n) is 6.15. The van der Waals surface area contributed by atoms with E-state index in [1.807, 2.05) is 31.2 Å². The summed E-state index contributed by atoms with van der Waals surface area (Å²) in [6.45, 7) is 3.22. The Morgan fingerprint density at radius 2 is 1.58 bits per heavy atom. The monoisotopic (exact) mass is 541 g/mol. The number of carbonyl (C=O) groups excluding carboxylic acids is 2. The number of sulfonamides is 1. The van der Waals surface area contributed by atoms with Crippen molar-refractivity contribution in [3.05, 3.63) is 89.7 Å². The Hall–Kier alpha value is -3.92. The van der Waals surface area contributed by atoms with E-state index in [9.17, 15) is 22.4 Å². The summed E-state index contributed by atoms with van der Waals surface area (Å²) in [5.74, 6) is -1.02. The average molecular weight is 542 g/mol. The molecule has 0 saturated heterocycles. The van der Waals surface area contributed by atoms with Crippen LogP contribution in [-0.2, 0) is 26.2 Å². The molecule has 38 heavy (non-hydrogen) atoms. The van der Waals surface area contributed by atoms with Crippen molar-refractivity contribution >= 4 is 27.5 Å². The molecule has 0 fully saturated rings. The van der Waals surface area contributed by atoms with E-state index >= 15 is 0 Å². The highest BCUT2D eigenvalue weighted by Gasteiger charge is 2.33. The lowest BCUT2D eigenvalue weighted by molar-refractivity contribution is -0.140. The average Bonchev–Trinajstić information content (AvgIpc) is 2.92. The number of nitrogens with one attached hydrogen (secondary N) is 1. The van der Waals surface area contributed by atoms with Crippen LogP contribution in [0.4, 0.5) is 10.1 Å². The van der Waals surface area contributed by atoms with Crippen LogP contribution in [0.2, 0.25) is 0 Å². The van der Waals surface area contributed by atoms with Gasteiger partial charge in [0.2, 0.25) is 11.8 Å². The van der Waals surface area contributed by atoms with Crippen molar-refractivity contribution in [3.63, 3.8) is 0 Å². The first-order valence-corrected chi connectivity index (χ1v) is 13.5. The van der Waals surface area contributed by atoms with Gasteiger partial charge in [0.1, 0.15) is 24.2 Å². The van der Waals surface area contributed by atoms with Crippen molar-refractivity contribution in [2.24, 2.45) is 0 Å². The molecule has 0 bridgehead atoms. The molecular weight excluding hydrogens is 509 g/mol. The quantitative estimate of drug-likeness (QED) is 0.397. The van der Waals surface area contributed by atoms with E-state index in [0.29, 0.717) is 12.2 Å². The largest absolute Gasteiger partial charge is 0.497 e. The fourth-order valence-corrected chi connectivity index (χ4v) is 5.40. The number of aryl methyl sites for hydroxylation is 1. The van der Waals surface area contributed by atoms with Gasteiger partial charge in [-0.3, -0.25) is 13.9 Å². The van der Waals surface area contributed by atoms with Crippen LogP contribution in [0, 0.1) is 12.7 Å². The zero-order valence-corrected chi connectivity index (χ0v) is 22.7. The van der Waals surface area contributed by atoms with E-state index in [4.69, 9.17) is 4.74 Å². The number of hydrogen-bond donors (Lipinski definition) is 1. The standard InChI is InChI=1S/C28H32FN3O5S/c1-5-26(28(34)30-3)31(18-21-8-6-20(2)7-9-21)27(33)19-32(23-12-10-22(29)11-13-23)38(35,36)25-16-14-24(37-4)15-17-25/h6-17,26H,5,18-19H2,1-4H3,(H,30,34)/t26-/m0/s1. The summed E-state index contributed by atoms with van der Waals surface area (Å²) in [5, 5.41) is 2.59. The fraction of sp³-hybridized carbons (Fsp3) is 0.286. The number of anilines is 1. The van der Waals surface area contributed by atoms with Crippen LogP contribution < -0.4 is 14.4 Å². The Bertz CT molecular complexity index is 1340. The van der Waals surface area contributed by atoms with Gasteiger partial charge in [0.15, 0.2) is 0 Å². The summed E-state index contributed by atoms with van der Waals surface area (Å²) >= 11 is 0. The van der Waals surface area contributed by atoms with E-state index in [2.05, 4.69) is 5.32 Å². The minimum Gasteiger partial charge on any atom is -0.497 e. The van der Waals surface area contributed by atoms with Gasteiger partial charge in [-0.2, -0.15) is 0 Å². The molecule has 1 atom stereocenters. The van der Waals surface area contributed by atoms with E-state index < -0.39 is 34.3 Å².